The predicted molar refractivity (Wildman–Crippen MR) is 152 cm³/mol. The lowest BCUT2D eigenvalue weighted by Crippen LogP contribution is -2.33. The van der Waals surface area contributed by atoms with E-state index in [4.69, 9.17) is 5.10 Å². The Kier molecular flexibility index (Phi) is 7.72. The molecule has 11 heteroatoms. The van der Waals surface area contributed by atoms with Crippen LogP contribution in [0.1, 0.15) is 65.1 Å². The molecule has 11 nitrogen and oxygen atoms in total. The van der Waals surface area contributed by atoms with Crippen LogP contribution in [-0.2, 0) is 24.3 Å². The van der Waals surface area contributed by atoms with Crippen molar-refractivity contribution in [2.75, 3.05) is 37.4 Å². The summed E-state index contributed by atoms with van der Waals surface area (Å²) < 4.78 is 1.96. The van der Waals surface area contributed by atoms with Gasteiger partial charge in [0.25, 0.3) is 5.91 Å². The number of rotatable bonds is 7. The van der Waals surface area contributed by atoms with Gasteiger partial charge in [-0.3, -0.25) is 14.3 Å². The first-order valence-electron chi connectivity index (χ1n) is 13.7. The molecule has 3 N–H and O–H groups in total. The number of nitrogens with one attached hydrogen (secondary N) is 3. The van der Waals surface area contributed by atoms with E-state index in [2.05, 4.69) is 39.7 Å². The molecule has 2 aromatic heterocycles. The number of aromatic nitrogens is 3. The predicted octanol–water partition coefficient (Wildman–Crippen LogP) is 3.05. The molecule has 2 aliphatic heterocycles. The van der Waals surface area contributed by atoms with Gasteiger partial charge in [-0.2, -0.15) is 5.10 Å². The van der Waals surface area contributed by atoms with E-state index in [1.165, 1.54) is 4.90 Å². The largest absolute Gasteiger partial charge is 0.356 e. The Labute approximate surface area is 233 Å². The molecule has 1 saturated heterocycles. The molecule has 0 radical (unpaired) electrons. The molecule has 2 aliphatic rings. The molecule has 0 aliphatic carbocycles. The van der Waals surface area contributed by atoms with Crippen molar-refractivity contribution in [2.24, 2.45) is 0 Å². The van der Waals surface area contributed by atoms with Gasteiger partial charge in [-0.25, -0.2) is 9.78 Å². The summed E-state index contributed by atoms with van der Waals surface area (Å²) in [6.45, 7) is 6.46. The maximum absolute atomic E-state index is 13.4. The van der Waals surface area contributed by atoms with Crippen LogP contribution in [0.3, 0.4) is 0 Å². The van der Waals surface area contributed by atoms with Gasteiger partial charge in [-0.15, -0.1) is 0 Å². The first-order valence-corrected chi connectivity index (χ1v) is 13.7. The number of benzene rings is 1. The Morgan fingerprint density at radius 2 is 1.93 bits per heavy atom. The summed E-state index contributed by atoms with van der Waals surface area (Å²) in [5.74, 6) is 0.513. The SMILES string of the molecule is CC(C)n1nc(C(=O)NCc2ccc(NC(=O)N(C)C)cc2)c2c1CCN(c1ccc([C@@H]3CCNC3=O)cn1)C2. The van der Waals surface area contributed by atoms with E-state index in [-0.39, 0.29) is 29.8 Å². The van der Waals surface area contributed by atoms with Crippen LogP contribution in [0.5, 0.6) is 0 Å². The van der Waals surface area contributed by atoms with Crippen LogP contribution in [-0.4, -0.2) is 64.7 Å². The van der Waals surface area contributed by atoms with Gasteiger partial charge in [-0.1, -0.05) is 18.2 Å². The van der Waals surface area contributed by atoms with Gasteiger partial charge in [-0.05, 0) is 49.6 Å². The minimum absolute atomic E-state index is 0.0564. The van der Waals surface area contributed by atoms with E-state index in [1.807, 2.05) is 41.1 Å². The molecular formula is C29H36N8O3. The first-order chi connectivity index (χ1) is 19.2. The van der Waals surface area contributed by atoms with E-state index in [9.17, 15) is 14.4 Å². The second-order valence-electron chi connectivity index (χ2n) is 10.8. The standard InChI is InChI=1S/C29H36N8O3/c1-18(2)37-24-12-14-36(25-10-7-20(16-31-25)22-11-13-30-27(22)38)17-23(24)26(34-37)28(39)32-15-19-5-8-21(9-6-19)33-29(40)35(3)4/h5-10,16,18,22H,11-15,17H2,1-4H3,(H,30,38)(H,32,39)(H,33,40)/t22-/m0/s1. The molecule has 5 rings (SSSR count). The summed E-state index contributed by atoms with van der Waals surface area (Å²) in [5.41, 5.74) is 4.96. The highest BCUT2D eigenvalue weighted by Gasteiger charge is 2.30. The first kappa shape index (κ1) is 27.2. The van der Waals surface area contributed by atoms with Crippen LogP contribution in [0.15, 0.2) is 42.6 Å². The molecule has 0 spiro atoms. The summed E-state index contributed by atoms with van der Waals surface area (Å²) >= 11 is 0. The normalized spacial score (nSPS) is 16.5. The van der Waals surface area contributed by atoms with Crippen LogP contribution in [0, 0.1) is 0 Å². The summed E-state index contributed by atoms with van der Waals surface area (Å²) in [6.07, 6.45) is 3.34. The lowest BCUT2D eigenvalue weighted by atomic mass is 9.99. The third kappa shape index (κ3) is 5.63. The van der Waals surface area contributed by atoms with Crippen molar-refractivity contribution in [3.05, 3.63) is 70.7 Å². The number of nitrogens with zero attached hydrogens (tertiary/aromatic N) is 5. The highest BCUT2D eigenvalue weighted by molar-refractivity contribution is 5.94. The van der Waals surface area contributed by atoms with Crippen molar-refractivity contribution in [3.8, 4) is 0 Å². The van der Waals surface area contributed by atoms with Gasteiger partial charge in [0.2, 0.25) is 5.91 Å². The van der Waals surface area contributed by atoms with Gasteiger partial charge in [0, 0.05) is 75.9 Å². The molecule has 40 heavy (non-hydrogen) atoms. The van der Waals surface area contributed by atoms with Crippen molar-refractivity contribution in [2.45, 2.75) is 51.7 Å². The second-order valence-corrected chi connectivity index (χ2v) is 10.8. The molecule has 3 aromatic rings. The second kappa shape index (κ2) is 11.4. The van der Waals surface area contributed by atoms with Gasteiger partial charge < -0.3 is 25.8 Å². The lowest BCUT2D eigenvalue weighted by molar-refractivity contribution is -0.120. The van der Waals surface area contributed by atoms with Crippen LogP contribution >= 0.6 is 0 Å². The lowest BCUT2D eigenvalue weighted by Gasteiger charge is -2.29. The van der Waals surface area contributed by atoms with Crippen molar-refractivity contribution in [1.82, 2.24) is 30.3 Å². The molecule has 1 atom stereocenters. The number of urea groups is 1. The average molecular weight is 545 g/mol. The molecule has 1 fully saturated rings. The summed E-state index contributed by atoms with van der Waals surface area (Å²) in [4.78, 5) is 45.6. The number of anilines is 2. The molecule has 0 unspecified atom stereocenters. The number of fused-ring (bicyclic) bond motifs is 1. The molecular weight excluding hydrogens is 508 g/mol. The van der Waals surface area contributed by atoms with E-state index < -0.39 is 0 Å². The third-order valence-corrected chi connectivity index (χ3v) is 7.40. The summed E-state index contributed by atoms with van der Waals surface area (Å²) in [6, 6.07) is 11.2. The van der Waals surface area contributed by atoms with Crippen molar-refractivity contribution < 1.29 is 14.4 Å². The Bertz CT molecular complexity index is 1400. The highest BCUT2D eigenvalue weighted by Crippen LogP contribution is 2.29. The fourth-order valence-electron chi connectivity index (χ4n) is 5.16. The third-order valence-electron chi connectivity index (χ3n) is 7.40. The van der Waals surface area contributed by atoms with Crippen molar-refractivity contribution in [3.63, 3.8) is 0 Å². The molecule has 0 bridgehead atoms. The minimum atomic E-state index is -0.224. The maximum Gasteiger partial charge on any atom is 0.321 e. The fourth-order valence-corrected chi connectivity index (χ4v) is 5.16. The van der Waals surface area contributed by atoms with Crippen molar-refractivity contribution in [1.29, 1.82) is 0 Å². The number of carbonyl (C=O) groups is 3. The number of pyridine rings is 1. The van der Waals surface area contributed by atoms with Crippen LogP contribution < -0.4 is 20.9 Å². The van der Waals surface area contributed by atoms with Crippen molar-refractivity contribution >= 4 is 29.4 Å². The van der Waals surface area contributed by atoms with Crippen LogP contribution in [0.25, 0.3) is 0 Å². The van der Waals surface area contributed by atoms with E-state index in [0.717, 1.165) is 47.6 Å². The number of carbonyl (C=O) groups excluding carboxylic acids is 3. The van der Waals surface area contributed by atoms with Gasteiger partial charge in [0.05, 0.1) is 5.92 Å². The van der Waals surface area contributed by atoms with Gasteiger partial charge >= 0.3 is 6.03 Å². The topological polar surface area (TPSA) is 124 Å². The van der Waals surface area contributed by atoms with E-state index >= 15 is 0 Å². The number of hydrogen-bond donors (Lipinski definition) is 3. The Balaban J connectivity index is 1.28. The average Bonchev–Trinajstić information content (AvgIpc) is 3.56. The minimum Gasteiger partial charge on any atom is -0.356 e. The molecule has 4 heterocycles. The highest BCUT2D eigenvalue weighted by atomic mass is 16.2. The summed E-state index contributed by atoms with van der Waals surface area (Å²) in [5, 5.41) is 13.4. The van der Waals surface area contributed by atoms with E-state index in [1.54, 1.807) is 20.3 Å². The van der Waals surface area contributed by atoms with Crippen LogP contribution in [0.2, 0.25) is 0 Å². The Morgan fingerprint density at radius 3 is 2.55 bits per heavy atom. The van der Waals surface area contributed by atoms with Gasteiger partial charge in [0.1, 0.15) is 5.82 Å². The molecule has 1 aromatic carbocycles. The zero-order chi connectivity index (χ0) is 28.4. The van der Waals surface area contributed by atoms with Crippen LogP contribution in [0.4, 0.5) is 16.3 Å². The number of amides is 4. The van der Waals surface area contributed by atoms with E-state index in [0.29, 0.717) is 31.0 Å². The smallest absolute Gasteiger partial charge is 0.321 e. The quantitative estimate of drug-likeness (QED) is 0.420. The number of hydrogen-bond acceptors (Lipinski definition) is 6. The molecule has 4 amide bonds. The van der Waals surface area contributed by atoms with Gasteiger partial charge in [0.15, 0.2) is 5.69 Å². The summed E-state index contributed by atoms with van der Waals surface area (Å²) in [7, 11) is 3.37. The Morgan fingerprint density at radius 1 is 1.15 bits per heavy atom. The monoisotopic (exact) mass is 544 g/mol. The molecule has 0 saturated carbocycles. The zero-order valence-electron chi connectivity index (χ0n) is 23.4. The Hall–Kier alpha value is -4.41. The zero-order valence-corrected chi connectivity index (χ0v) is 23.4. The maximum atomic E-state index is 13.4. The molecule has 210 valence electrons. The fraction of sp³-hybridized carbons (Fsp3) is 0.414.